The van der Waals surface area contributed by atoms with Gasteiger partial charge in [-0.05, 0) is 62.3 Å². The Morgan fingerprint density at radius 2 is 1.73 bits per heavy atom. The number of sulfone groups is 1. The molecule has 2 fully saturated rings. The molecule has 142 valence electrons. The van der Waals surface area contributed by atoms with Crippen molar-refractivity contribution in [1.29, 1.82) is 0 Å². The number of esters is 1. The Bertz CT molecular complexity index is 751. The second-order valence-electron chi connectivity index (χ2n) is 7.26. The Kier molecular flexibility index (Phi) is 5.96. The average molecular weight is 379 g/mol. The fourth-order valence-corrected chi connectivity index (χ4v) is 5.46. The first-order chi connectivity index (χ1) is 12.4. The molecule has 26 heavy (non-hydrogen) atoms. The van der Waals surface area contributed by atoms with Crippen LogP contribution in [-0.2, 0) is 19.4 Å². The van der Waals surface area contributed by atoms with Gasteiger partial charge in [0.15, 0.2) is 9.84 Å². The van der Waals surface area contributed by atoms with E-state index in [0.717, 1.165) is 25.7 Å². The zero-order valence-corrected chi connectivity index (χ0v) is 15.6. The topological polar surface area (TPSA) is 89.5 Å². The Hall–Kier alpha value is -1.89. The van der Waals surface area contributed by atoms with Gasteiger partial charge >= 0.3 is 5.97 Å². The summed E-state index contributed by atoms with van der Waals surface area (Å²) in [4.78, 5) is 24.2. The number of amides is 1. The molecule has 1 heterocycles. The number of nitrogens with one attached hydrogen (secondary N) is 1. The van der Waals surface area contributed by atoms with Gasteiger partial charge in [-0.3, -0.25) is 4.79 Å². The second kappa shape index (κ2) is 8.20. The van der Waals surface area contributed by atoms with Crippen LogP contribution in [0.25, 0.3) is 0 Å². The molecule has 1 aliphatic heterocycles. The molecule has 0 bridgehead atoms. The molecule has 0 radical (unpaired) electrons. The summed E-state index contributed by atoms with van der Waals surface area (Å²) in [6, 6.07) is 6.61. The van der Waals surface area contributed by atoms with Gasteiger partial charge in [0.2, 0.25) is 5.91 Å². The van der Waals surface area contributed by atoms with Crippen molar-refractivity contribution >= 4 is 27.4 Å². The molecule has 1 saturated carbocycles. The molecular weight excluding hydrogens is 354 g/mol. The van der Waals surface area contributed by atoms with Crippen LogP contribution in [0.15, 0.2) is 24.3 Å². The van der Waals surface area contributed by atoms with E-state index in [1.807, 2.05) is 0 Å². The summed E-state index contributed by atoms with van der Waals surface area (Å²) in [5.74, 6) is -0.380. The van der Waals surface area contributed by atoms with Gasteiger partial charge in [0, 0.05) is 12.1 Å². The van der Waals surface area contributed by atoms with E-state index < -0.39 is 9.84 Å². The molecule has 1 amide bonds. The first-order valence-electron chi connectivity index (χ1n) is 9.22. The summed E-state index contributed by atoms with van der Waals surface area (Å²) in [7, 11) is -2.97. The van der Waals surface area contributed by atoms with Crippen LogP contribution < -0.4 is 5.32 Å². The SMILES string of the molecule is O=C(CC1CCS(=O)(=O)C1)Nc1ccc(C(=O)OC2CCCCC2)cc1. The molecule has 1 saturated heterocycles. The van der Waals surface area contributed by atoms with Gasteiger partial charge in [-0.1, -0.05) is 6.42 Å². The minimum absolute atomic E-state index is 0.0123. The first kappa shape index (κ1) is 18.9. The van der Waals surface area contributed by atoms with Gasteiger partial charge in [0.05, 0.1) is 17.1 Å². The lowest BCUT2D eigenvalue weighted by Crippen LogP contribution is -2.21. The van der Waals surface area contributed by atoms with E-state index in [0.29, 0.717) is 17.7 Å². The van der Waals surface area contributed by atoms with Crippen LogP contribution in [0.3, 0.4) is 0 Å². The highest BCUT2D eigenvalue weighted by Crippen LogP contribution is 2.23. The van der Waals surface area contributed by atoms with Crippen molar-refractivity contribution in [2.75, 3.05) is 16.8 Å². The van der Waals surface area contributed by atoms with Crippen molar-refractivity contribution in [2.24, 2.45) is 5.92 Å². The van der Waals surface area contributed by atoms with Gasteiger partial charge in [-0.25, -0.2) is 13.2 Å². The maximum Gasteiger partial charge on any atom is 0.338 e. The Morgan fingerprint density at radius 3 is 2.35 bits per heavy atom. The first-order valence-corrected chi connectivity index (χ1v) is 11.0. The Balaban J connectivity index is 1.49. The fourth-order valence-electron chi connectivity index (χ4n) is 3.60. The molecule has 7 heteroatoms. The molecule has 0 aromatic heterocycles. The smallest absolute Gasteiger partial charge is 0.338 e. The summed E-state index contributed by atoms with van der Waals surface area (Å²) < 4.78 is 28.4. The second-order valence-corrected chi connectivity index (χ2v) is 9.49. The standard InChI is InChI=1S/C19H25NO5S/c21-18(12-14-10-11-26(23,24)13-14)20-16-8-6-15(7-9-16)19(22)25-17-4-2-1-3-5-17/h6-9,14,17H,1-5,10-13H2,(H,20,21). The van der Waals surface area contributed by atoms with Crippen LogP contribution in [0.1, 0.15) is 55.3 Å². The molecule has 6 nitrogen and oxygen atoms in total. The highest BCUT2D eigenvalue weighted by atomic mass is 32.2. The van der Waals surface area contributed by atoms with E-state index >= 15 is 0 Å². The van der Waals surface area contributed by atoms with Crippen LogP contribution in [0, 0.1) is 5.92 Å². The fraction of sp³-hybridized carbons (Fsp3) is 0.579. The lowest BCUT2D eigenvalue weighted by molar-refractivity contribution is -0.116. The minimum Gasteiger partial charge on any atom is -0.459 e. The van der Waals surface area contributed by atoms with E-state index in [1.54, 1.807) is 24.3 Å². The minimum atomic E-state index is -2.97. The van der Waals surface area contributed by atoms with Crippen LogP contribution >= 0.6 is 0 Å². The van der Waals surface area contributed by atoms with Crippen LogP contribution in [-0.4, -0.2) is 37.9 Å². The summed E-state index contributed by atoms with van der Waals surface area (Å²) in [6.07, 6.45) is 6.02. The molecule has 1 aliphatic carbocycles. The molecule has 1 aromatic rings. The van der Waals surface area contributed by atoms with Crippen molar-refractivity contribution in [1.82, 2.24) is 0 Å². The predicted octanol–water partition coefficient (Wildman–Crippen LogP) is 2.94. The monoisotopic (exact) mass is 379 g/mol. The highest BCUT2D eigenvalue weighted by Gasteiger charge is 2.29. The third-order valence-corrected chi connectivity index (χ3v) is 6.87. The number of rotatable bonds is 5. The third-order valence-electron chi connectivity index (χ3n) is 5.03. The van der Waals surface area contributed by atoms with Crippen LogP contribution in [0.2, 0.25) is 0 Å². The van der Waals surface area contributed by atoms with Gasteiger partial charge in [0.1, 0.15) is 6.10 Å². The predicted molar refractivity (Wildman–Crippen MR) is 98.7 cm³/mol. The van der Waals surface area contributed by atoms with Crippen LogP contribution in [0.5, 0.6) is 0 Å². The summed E-state index contributed by atoms with van der Waals surface area (Å²) in [6.45, 7) is 0. The number of ether oxygens (including phenoxy) is 1. The van der Waals surface area contributed by atoms with Gasteiger partial charge in [-0.2, -0.15) is 0 Å². The Labute approximate surface area is 154 Å². The van der Waals surface area contributed by atoms with Crippen molar-refractivity contribution in [2.45, 2.75) is 51.0 Å². The van der Waals surface area contributed by atoms with Gasteiger partial charge in [0.25, 0.3) is 0 Å². The summed E-state index contributed by atoms with van der Waals surface area (Å²) in [5, 5.41) is 2.76. The number of carbonyl (C=O) groups excluding carboxylic acids is 2. The molecule has 1 N–H and O–H groups in total. The molecule has 2 aliphatic rings. The zero-order valence-electron chi connectivity index (χ0n) is 14.8. The number of anilines is 1. The summed E-state index contributed by atoms with van der Waals surface area (Å²) in [5.41, 5.74) is 1.06. The molecular formula is C19H25NO5S. The highest BCUT2D eigenvalue weighted by molar-refractivity contribution is 7.91. The van der Waals surface area contributed by atoms with E-state index in [1.165, 1.54) is 6.42 Å². The quantitative estimate of drug-likeness (QED) is 0.795. The van der Waals surface area contributed by atoms with E-state index in [4.69, 9.17) is 4.74 Å². The molecule has 0 spiro atoms. The van der Waals surface area contributed by atoms with Gasteiger partial charge < -0.3 is 10.1 Å². The number of hydrogen-bond donors (Lipinski definition) is 1. The largest absolute Gasteiger partial charge is 0.459 e. The Morgan fingerprint density at radius 1 is 1.04 bits per heavy atom. The van der Waals surface area contributed by atoms with Crippen LogP contribution in [0.4, 0.5) is 5.69 Å². The number of benzene rings is 1. The average Bonchev–Trinajstić information content (AvgIpc) is 2.94. The zero-order chi connectivity index (χ0) is 18.6. The van der Waals surface area contributed by atoms with Crippen molar-refractivity contribution in [3.05, 3.63) is 29.8 Å². The van der Waals surface area contributed by atoms with Crippen molar-refractivity contribution in [3.63, 3.8) is 0 Å². The van der Waals surface area contributed by atoms with E-state index in [9.17, 15) is 18.0 Å². The molecule has 1 atom stereocenters. The maximum absolute atomic E-state index is 12.2. The number of carbonyl (C=O) groups is 2. The van der Waals surface area contributed by atoms with E-state index in [-0.39, 0.29) is 41.8 Å². The van der Waals surface area contributed by atoms with Gasteiger partial charge in [-0.15, -0.1) is 0 Å². The van der Waals surface area contributed by atoms with Crippen molar-refractivity contribution in [3.8, 4) is 0 Å². The van der Waals surface area contributed by atoms with Crippen molar-refractivity contribution < 1.29 is 22.7 Å². The molecule has 1 unspecified atom stereocenters. The molecule has 1 aromatic carbocycles. The van der Waals surface area contributed by atoms with E-state index in [2.05, 4.69) is 5.32 Å². The maximum atomic E-state index is 12.2. The summed E-state index contributed by atoms with van der Waals surface area (Å²) >= 11 is 0. The lowest BCUT2D eigenvalue weighted by Gasteiger charge is -2.21. The number of hydrogen-bond acceptors (Lipinski definition) is 5. The molecule has 3 rings (SSSR count). The lowest BCUT2D eigenvalue weighted by atomic mass is 9.98. The third kappa shape index (κ3) is 5.30. The normalized spacial score (nSPS) is 22.7.